The minimum Gasteiger partial charge on any atom is -0.243 e. The lowest BCUT2D eigenvalue weighted by Gasteiger charge is -2.26. The maximum absolute atomic E-state index is 2.64. The van der Waals surface area contributed by atoms with E-state index in [1.807, 2.05) is 11.9 Å². The third-order valence-corrected chi connectivity index (χ3v) is 5.84. The second kappa shape index (κ2) is 6.85. The molecule has 1 nitrogen and oxygen atoms in total. The summed E-state index contributed by atoms with van der Waals surface area (Å²) < 4.78 is 2.64. The van der Waals surface area contributed by atoms with E-state index in [9.17, 15) is 0 Å². The fourth-order valence-electron chi connectivity index (χ4n) is 3.51. The highest BCUT2D eigenvalue weighted by atomic mass is 32.2. The molecule has 1 aliphatic rings. The molecule has 1 aliphatic heterocycles. The Morgan fingerprint density at radius 3 is 2.67 bits per heavy atom. The zero-order valence-electron chi connectivity index (χ0n) is 13.1. The van der Waals surface area contributed by atoms with Crippen molar-refractivity contribution in [1.29, 1.82) is 0 Å². The molecule has 0 amide bonds. The molecule has 0 bridgehead atoms. The fourth-order valence-corrected chi connectivity index (χ4v) is 4.70. The van der Waals surface area contributed by atoms with Crippen LogP contribution in [-0.2, 0) is 0 Å². The molecular formula is C19H25NS. The summed E-state index contributed by atoms with van der Waals surface area (Å²) in [5.74, 6) is 0.887. The first-order chi connectivity index (χ1) is 10.3. The summed E-state index contributed by atoms with van der Waals surface area (Å²) in [6.07, 6.45) is 5.30. The molecule has 0 spiro atoms. The summed E-state index contributed by atoms with van der Waals surface area (Å²) in [6, 6.07) is 16.3. The monoisotopic (exact) mass is 299 g/mol. The third-order valence-electron chi connectivity index (χ3n) is 4.69. The van der Waals surface area contributed by atoms with Crippen molar-refractivity contribution in [3.05, 3.63) is 42.5 Å². The lowest BCUT2D eigenvalue weighted by atomic mass is 9.95. The third kappa shape index (κ3) is 3.27. The lowest BCUT2D eigenvalue weighted by Crippen LogP contribution is -2.27. The molecule has 0 saturated carbocycles. The van der Waals surface area contributed by atoms with Gasteiger partial charge in [-0.1, -0.05) is 57.0 Å². The van der Waals surface area contributed by atoms with Crippen LogP contribution < -0.4 is 0 Å². The molecule has 2 atom stereocenters. The molecule has 0 radical (unpaired) electrons. The Labute approximate surface area is 132 Å². The first kappa shape index (κ1) is 14.9. The predicted octanol–water partition coefficient (Wildman–Crippen LogP) is 5.75. The Morgan fingerprint density at radius 2 is 1.90 bits per heavy atom. The van der Waals surface area contributed by atoms with Gasteiger partial charge in [0.2, 0.25) is 0 Å². The molecule has 0 N–H and O–H groups in total. The smallest absolute Gasteiger partial charge is 0.0236 e. The molecule has 3 rings (SSSR count). The number of nitrogens with zero attached hydrogens (tertiary/aromatic N) is 1. The summed E-state index contributed by atoms with van der Waals surface area (Å²) in [6.45, 7) is 5.89. The van der Waals surface area contributed by atoms with Gasteiger partial charge in [0, 0.05) is 17.5 Å². The van der Waals surface area contributed by atoms with E-state index in [1.54, 1.807) is 0 Å². The molecular weight excluding hydrogens is 274 g/mol. The second-order valence-electron chi connectivity index (χ2n) is 6.05. The van der Waals surface area contributed by atoms with E-state index in [4.69, 9.17) is 0 Å². The summed E-state index contributed by atoms with van der Waals surface area (Å²) in [7, 11) is 0. The highest BCUT2D eigenvalue weighted by Gasteiger charge is 2.32. The first-order valence-electron chi connectivity index (χ1n) is 8.25. The topological polar surface area (TPSA) is 3.24 Å². The predicted molar refractivity (Wildman–Crippen MR) is 93.6 cm³/mol. The zero-order valence-corrected chi connectivity index (χ0v) is 13.9. The summed E-state index contributed by atoms with van der Waals surface area (Å²) in [5.41, 5.74) is 0. The summed E-state index contributed by atoms with van der Waals surface area (Å²) in [5, 5.41) is 2.68. The van der Waals surface area contributed by atoms with Crippen LogP contribution >= 0.6 is 11.9 Å². The van der Waals surface area contributed by atoms with Crippen molar-refractivity contribution in [2.24, 2.45) is 5.92 Å². The van der Waals surface area contributed by atoms with Gasteiger partial charge in [-0.25, -0.2) is 4.31 Å². The van der Waals surface area contributed by atoms with Gasteiger partial charge in [-0.05, 0) is 53.6 Å². The standard InChI is InChI=1S/C19H25NS/c1-3-7-19-15(4-2)12-13-20(19)21-18-11-10-16-8-5-6-9-17(16)14-18/h5-6,8-11,14-15,19H,3-4,7,12-13H2,1-2H3. The van der Waals surface area contributed by atoms with E-state index in [0.29, 0.717) is 0 Å². The molecule has 1 fully saturated rings. The number of fused-ring (bicyclic) bond motifs is 1. The first-order valence-corrected chi connectivity index (χ1v) is 9.02. The van der Waals surface area contributed by atoms with Gasteiger partial charge in [0.1, 0.15) is 0 Å². The number of hydrogen-bond acceptors (Lipinski definition) is 2. The molecule has 2 aromatic carbocycles. The van der Waals surface area contributed by atoms with Crippen molar-refractivity contribution < 1.29 is 0 Å². The number of rotatable bonds is 5. The van der Waals surface area contributed by atoms with Crippen molar-refractivity contribution in [3.8, 4) is 0 Å². The van der Waals surface area contributed by atoms with Crippen LogP contribution in [0, 0.1) is 5.92 Å². The Kier molecular flexibility index (Phi) is 4.87. The highest BCUT2D eigenvalue weighted by Crippen LogP contribution is 2.38. The molecule has 2 unspecified atom stereocenters. The Balaban J connectivity index is 1.77. The Hall–Kier alpha value is -0.990. The van der Waals surface area contributed by atoms with Crippen LogP contribution in [0.4, 0.5) is 0 Å². The van der Waals surface area contributed by atoms with Crippen LogP contribution in [-0.4, -0.2) is 16.9 Å². The number of hydrogen-bond donors (Lipinski definition) is 0. The minimum atomic E-state index is 0.761. The maximum Gasteiger partial charge on any atom is 0.0236 e. The molecule has 2 aromatic rings. The van der Waals surface area contributed by atoms with E-state index in [1.165, 1.54) is 47.9 Å². The van der Waals surface area contributed by atoms with Crippen LogP contribution in [0.3, 0.4) is 0 Å². The fraction of sp³-hybridized carbons (Fsp3) is 0.474. The van der Waals surface area contributed by atoms with Gasteiger partial charge in [0.15, 0.2) is 0 Å². The second-order valence-corrected chi connectivity index (χ2v) is 7.18. The van der Waals surface area contributed by atoms with Crippen molar-refractivity contribution in [3.63, 3.8) is 0 Å². The van der Waals surface area contributed by atoms with Crippen LogP contribution in [0.15, 0.2) is 47.4 Å². The van der Waals surface area contributed by atoms with E-state index < -0.39 is 0 Å². The summed E-state index contributed by atoms with van der Waals surface area (Å²) >= 11 is 1.97. The SMILES string of the molecule is CCCC1C(CC)CCN1Sc1ccc2ccccc2c1. The van der Waals surface area contributed by atoms with Gasteiger partial charge < -0.3 is 0 Å². The van der Waals surface area contributed by atoms with E-state index >= 15 is 0 Å². The largest absolute Gasteiger partial charge is 0.243 e. The quantitative estimate of drug-likeness (QED) is 0.647. The van der Waals surface area contributed by atoms with Crippen LogP contribution in [0.1, 0.15) is 39.5 Å². The van der Waals surface area contributed by atoms with Gasteiger partial charge in [-0.15, -0.1) is 0 Å². The molecule has 0 aliphatic carbocycles. The molecule has 1 heterocycles. The number of benzene rings is 2. The van der Waals surface area contributed by atoms with Crippen molar-refractivity contribution in [1.82, 2.24) is 4.31 Å². The summed E-state index contributed by atoms with van der Waals surface area (Å²) in [4.78, 5) is 1.38. The van der Waals surface area contributed by atoms with Gasteiger partial charge in [0.25, 0.3) is 0 Å². The minimum absolute atomic E-state index is 0.761. The van der Waals surface area contributed by atoms with E-state index in [-0.39, 0.29) is 0 Å². The zero-order chi connectivity index (χ0) is 14.7. The maximum atomic E-state index is 2.64. The molecule has 21 heavy (non-hydrogen) atoms. The van der Waals surface area contributed by atoms with Crippen LogP contribution in [0.25, 0.3) is 10.8 Å². The van der Waals surface area contributed by atoms with Crippen molar-refractivity contribution >= 4 is 22.7 Å². The Morgan fingerprint density at radius 1 is 1.10 bits per heavy atom. The average molecular weight is 299 g/mol. The van der Waals surface area contributed by atoms with E-state index in [2.05, 4.69) is 60.6 Å². The average Bonchev–Trinajstić information content (AvgIpc) is 2.90. The van der Waals surface area contributed by atoms with Gasteiger partial charge in [0.05, 0.1) is 0 Å². The van der Waals surface area contributed by atoms with E-state index in [0.717, 1.165) is 12.0 Å². The molecule has 0 aromatic heterocycles. The van der Waals surface area contributed by atoms with Gasteiger partial charge in [-0.3, -0.25) is 0 Å². The molecule has 112 valence electrons. The van der Waals surface area contributed by atoms with Crippen molar-refractivity contribution in [2.75, 3.05) is 6.54 Å². The molecule has 1 saturated heterocycles. The Bertz CT molecular complexity index is 595. The normalized spacial score (nSPS) is 23.0. The van der Waals surface area contributed by atoms with Gasteiger partial charge >= 0.3 is 0 Å². The van der Waals surface area contributed by atoms with Gasteiger partial charge in [-0.2, -0.15) is 0 Å². The lowest BCUT2D eigenvalue weighted by molar-refractivity contribution is 0.332. The van der Waals surface area contributed by atoms with Crippen molar-refractivity contribution in [2.45, 2.75) is 50.5 Å². The van der Waals surface area contributed by atoms with Crippen LogP contribution in [0.2, 0.25) is 0 Å². The van der Waals surface area contributed by atoms with Crippen LogP contribution in [0.5, 0.6) is 0 Å². The molecule has 2 heteroatoms. The highest BCUT2D eigenvalue weighted by molar-refractivity contribution is 7.97.